The summed E-state index contributed by atoms with van der Waals surface area (Å²) < 4.78 is 33.9. The van der Waals surface area contributed by atoms with Crippen molar-refractivity contribution in [2.24, 2.45) is 0 Å². The first-order valence-electron chi connectivity index (χ1n) is 8.57. The summed E-state index contributed by atoms with van der Waals surface area (Å²) in [6.07, 6.45) is 18.5. The van der Waals surface area contributed by atoms with Gasteiger partial charge in [0.1, 0.15) is 6.54 Å². The number of hydrogen-bond acceptors (Lipinski definition) is 2. The molecule has 0 amide bonds. The zero-order valence-corrected chi connectivity index (χ0v) is 15.5. The first-order valence-corrected chi connectivity index (χ1v) is 9.97. The van der Waals surface area contributed by atoms with Gasteiger partial charge in [-0.05, 0) is 6.42 Å². The third-order valence-electron chi connectivity index (χ3n) is 3.55. The Kier molecular flexibility index (Phi) is 17.7. The van der Waals surface area contributed by atoms with Gasteiger partial charge in [0, 0.05) is 18.6 Å². The van der Waals surface area contributed by atoms with E-state index in [4.69, 9.17) is 17.5 Å². The first-order chi connectivity index (χ1) is 10.9. The van der Waals surface area contributed by atoms with Crippen LogP contribution in [0, 0.1) is 0 Å². The van der Waals surface area contributed by atoms with Gasteiger partial charge in [0.05, 0.1) is 0 Å². The minimum atomic E-state index is -4.67. The molecule has 24 heavy (non-hydrogen) atoms. The zero-order chi connectivity index (χ0) is 17.4. The van der Waals surface area contributed by atoms with Crippen LogP contribution in [0.25, 0.3) is 0 Å². The highest BCUT2D eigenvalue weighted by molar-refractivity contribution is 7.79. The molecule has 0 aliphatic rings. The van der Waals surface area contributed by atoms with Crippen molar-refractivity contribution in [2.75, 3.05) is 0 Å². The van der Waals surface area contributed by atoms with Gasteiger partial charge in [-0.1, -0.05) is 64.4 Å². The summed E-state index contributed by atoms with van der Waals surface area (Å²) in [5.74, 6) is 0. The van der Waals surface area contributed by atoms with Crippen molar-refractivity contribution in [2.45, 2.75) is 77.7 Å². The topological polar surface area (TPSA) is 110 Å². The summed E-state index contributed by atoms with van der Waals surface area (Å²) in [5, 5.41) is 0. The van der Waals surface area contributed by atoms with E-state index in [-0.39, 0.29) is 5.48 Å². The molecule has 0 unspecified atom stereocenters. The van der Waals surface area contributed by atoms with E-state index in [1.165, 1.54) is 70.8 Å². The fourth-order valence-corrected chi connectivity index (χ4v) is 2.37. The number of hydrogen-bond donors (Lipinski definition) is 2. The Morgan fingerprint density at radius 3 is 1.54 bits per heavy atom. The number of aromatic nitrogens is 1. The van der Waals surface area contributed by atoms with Crippen LogP contribution in [0.1, 0.15) is 71.1 Å². The van der Waals surface area contributed by atoms with E-state index in [1.807, 2.05) is 0 Å². The van der Waals surface area contributed by atoms with Gasteiger partial charge in [0.2, 0.25) is 0 Å². The van der Waals surface area contributed by atoms with Gasteiger partial charge in [-0.15, -0.1) is 0 Å². The summed E-state index contributed by atoms with van der Waals surface area (Å²) in [6.45, 7) is 3.46. The molecule has 1 heterocycles. The summed E-state index contributed by atoms with van der Waals surface area (Å²) in [7, 11) is -4.67. The lowest BCUT2D eigenvalue weighted by atomic mass is 10.1. The lowest BCUT2D eigenvalue weighted by Crippen LogP contribution is -2.32. The lowest BCUT2D eigenvalue weighted by Gasteiger charge is -2.01. The molecule has 0 fully saturated rings. The molecule has 6 nitrogen and oxygen atoms in total. The van der Waals surface area contributed by atoms with E-state index >= 15 is 0 Å². The van der Waals surface area contributed by atoms with Crippen LogP contribution in [0.15, 0.2) is 30.6 Å². The molecule has 1 aromatic rings. The van der Waals surface area contributed by atoms with E-state index in [0.717, 1.165) is 0 Å². The molecule has 0 bridgehead atoms. The van der Waals surface area contributed by atoms with Crippen molar-refractivity contribution in [1.29, 1.82) is 0 Å². The van der Waals surface area contributed by atoms with Gasteiger partial charge < -0.3 is 5.48 Å². The molecule has 0 aliphatic carbocycles. The van der Waals surface area contributed by atoms with Gasteiger partial charge in [-0.25, -0.2) is 4.57 Å². The Balaban J connectivity index is 0. The van der Waals surface area contributed by atoms with Crippen LogP contribution in [-0.2, 0) is 16.9 Å². The van der Waals surface area contributed by atoms with Crippen LogP contribution in [-0.4, -0.2) is 23.0 Å². The van der Waals surface area contributed by atoms with Crippen LogP contribution in [0.4, 0.5) is 0 Å². The molecule has 1 aromatic heterocycles. The highest BCUT2D eigenvalue weighted by Gasteiger charge is 1.97. The maximum atomic E-state index is 8.74. The Morgan fingerprint density at radius 2 is 1.12 bits per heavy atom. The molecular formula is C17H34NO5S+. The monoisotopic (exact) mass is 364 g/mol. The molecule has 0 spiro atoms. The van der Waals surface area contributed by atoms with Crippen LogP contribution in [0.5, 0.6) is 0 Å². The second kappa shape index (κ2) is 16.8. The average Bonchev–Trinajstić information content (AvgIpc) is 2.48. The summed E-state index contributed by atoms with van der Waals surface area (Å²) >= 11 is 0. The smallest absolute Gasteiger partial charge is 0.394 e. The second-order valence-electron chi connectivity index (χ2n) is 5.74. The highest BCUT2D eigenvalue weighted by atomic mass is 32.3. The third kappa shape index (κ3) is 23.2. The number of nitrogens with zero attached hydrogens (tertiary/aromatic N) is 1. The Hall–Kier alpha value is -1.02. The standard InChI is InChI=1S/C17H30N.H2O4S.H2O/c1-2-3-4-5-6-7-8-9-10-12-15-18-16-13-11-14-17-18;1-5(2,3)4;/h11,13-14,16-17H,2-10,12,15H2,1H3;(H2,1,2,3,4);1H2/q+1;;. The van der Waals surface area contributed by atoms with E-state index < -0.39 is 10.4 Å². The number of rotatable bonds is 11. The summed E-state index contributed by atoms with van der Waals surface area (Å²) in [5.41, 5.74) is 0. The molecule has 7 heteroatoms. The molecule has 1 rings (SSSR count). The van der Waals surface area contributed by atoms with Crippen LogP contribution >= 0.6 is 0 Å². The van der Waals surface area contributed by atoms with Crippen molar-refractivity contribution in [1.82, 2.24) is 0 Å². The predicted molar refractivity (Wildman–Crippen MR) is 96.3 cm³/mol. The maximum absolute atomic E-state index is 8.74. The number of aryl methyl sites for hydroxylation is 1. The molecular weight excluding hydrogens is 330 g/mol. The molecule has 4 N–H and O–H groups in total. The van der Waals surface area contributed by atoms with E-state index in [9.17, 15) is 0 Å². The average molecular weight is 365 g/mol. The van der Waals surface area contributed by atoms with Crippen molar-refractivity contribution in [3.05, 3.63) is 30.6 Å². The fraction of sp³-hybridized carbons (Fsp3) is 0.706. The fourth-order valence-electron chi connectivity index (χ4n) is 2.37. The number of pyridine rings is 1. The Labute approximate surface area is 146 Å². The van der Waals surface area contributed by atoms with Crippen molar-refractivity contribution in [3.63, 3.8) is 0 Å². The summed E-state index contributed by atoms with van der Waals surface area (Å²) in [6, 6.07) is 6.29. The molecule has 0 saturated carbocycles. The third-order valence-corrected chi connectivity index (χ3v) is 3.55. The van der Waals surface area contributed by atoms with Crippen LogP contribution in [0.3, 0.4) is 0 Å². The minimum Gasteiger partial charge on any atom is -0.412 e. The van der Waals surface area contributed by atoms with Gasteiger partial charge >= 0.3 is 10.4 Å². The van der Waals surface area contributed by atoms with Gasteiger partial charge in [-0.2, -0.15) is 8.42 Å². The molecule has 0 atom stereocenters. The Bertz CT molecular complexity index is 457. The van der Waals surface area contributed by atoms with Crippen LogP contribution in [0.2, 0.25) is 0 Å². The summed E-state index contributed by atoms with van der Waals surface area (Å²) in [4.78, 5) is 0. The Morgan fingerprint density at radius 1 is 0.750 bits per heavy atom. The molecule has 0 aromatic carbocycles. The maximum Gasteiger partial charge on any atom is 0.394 e. The second-order valence-corrected chi connectivity index (χ2v) is 6.64. The number of unbranched alkanes of at least 4 members (excludes halogenated alkanes) is 9. The zero-order valence-electron chi connectivity index (χ0n) is 14.7. The molecule has 142 valence electrons. The van der Waals surface area contributed by atoms with Gasteiger partial charge in [0.25, 0.3) is 0 Å². The SMILES string of the molecule is CCCCCCCCCCCC[n+]1ccccc1.O.O=S(=O)(O)O. The van der Waals surface area contributed by atoms with Crippen molar-refractivity contribution in [3.8, 4) is 0 Å². The van der Waals surface area contributed by atoms with E-state index in [0.29, 0.717) is 0 Å². The normalized spacial score (nSPS) is 10.5. The first kappa shape index (κ1) is 25.2. The molecule has 0 aliphatic heterocycles. The van der Waals surface area contributed by atoms with Crippen LogP contribution < -0.4 is 4.57 Å². The minimum absolute atomic E-state index is 0. The quantitative estimate of drug-likeness (QED) is 0.356. The van der Waals surface area contributed by atoms with E-state index in [2.05, 4.69) is 42.1 Å². The van der Waals surface area contributed by atoms with Crippen molar-refractivity contribution >= 4 is 10.4 Å². The van der Waals surface area contributed by atoms with E-state index in [1.54, 1.807) is 0 Å². The van der Waals surface area contributed by atoms with Gasteiger partial charge in [-0.3, -0.25) is 9.11 Å². The largest absolute Gasteiger partial charge is 0.412 e. The van der Waals surface area contributed by atoms with Crippen molar-refractivity contribution < 1.29 is 27.6 Å². The lowest BCUT2D eigenvalue weighted by molar-refractivity contribution is -0.697. The predicted octanol–water partition coefficient (Wildman–Crippen LogP) is 3.42. The highest BCUT2D eigenvalue weighted by Crippen LogP contribution is 2.10. The van der Waals surface area contributed by atoms with Gasteiger partial charge in [0.15, 0.2) is 12.4 Å². The molecule has 0 saturated heterocycles. The molecule has 0 radical (unpaired) electrons.